The number of hydrogen-bond donors (Lipinski definition) is 0. The summed E-state index contributed by atoms with van der Waals surface area (Å²) in [7, 11) is 0. The lowest BCUT2D eigenvalue weighted by molar-refractivity contribution is 0.638. The maximum atomic E-state index is 6.04. The zero-order valence-corrected chi connectivity index (χ0v) is 13.9. The highest BCUT2D eigenvalue weighted by Gasteiger charge is 2.09. The van der Waals surface area contributed by atoms with E-state index in [2.05, 4.69) is 67.9 Å². The molecule has 0 aliphatic heterocycles. The van der Waals surface area contributed by atoms with Gasteiger partial charge in [-0.25, -0.2) is 4.98 Å². The minimum Gasteiger partial charge on any atom is -0.327 e. The van der Waals surface area contributed by atoms with E-state index in [1.165, 1.54) is 5.56 Å². The lowest BCUT2D eigenvalue weighted by Gasteiger charge is -2.08. The van der Waals surface area contributed by atoms with E-state index >= 15 is 0 Å². The van der Waals surface area contributed by atoms with E-state index in [1.54, 1.807) is 0 Å². The molecular weight excluding hydrogens is 348 g/mol. The second kappa shape index (κ2) is 6.63. The van der Waals surface area contributed by atoms with Gasteiger partial charge in [-0.3, -0.25) is 0 Å². The minimum absolute atomic E-state index is 0.442. The van der Waals surface area contributed by atoms with Crippen LogP contribution in [0.3, 0.4) is 0 Å². The number of aryl methyl sites for hydroxylation is 2. The monoisotopic (exact) mass is 362 g/mol. The van der Waals surface area contributed by atoms with Gasteiger partial charge in [0.2, 0.25) is 0 Å². The van der Waals surface area contributed by atoms with Gasteiger partial charge in [-0.05, 0) is 36.6 Å². The van der Waals surface area contributed by atoms with Crippen molar-refractivity contribution >= 4 is 38.6 Å². The van der Waals surface area contributed by atoms with Crippen LogP contribution in [0.15, 0.2) is 53.0 Å². The summed E-state index contributed by atoms with van der Waals surface area (Å²) < 4.78 is 3.28. The topological polar surface area (TPSA) is 17.8 Å². The number of alkyl halides is 1. The van der Waals surface area contributed by atoms with E-state index in [9.17, 15) is 0 Å². The summed E-state index contributed by atoms with van der Waals surface area (Å²) in [5.41, 5.74) is 3.53. The lowest BCUT2D eigenvalue weighted by atomic mass is 10.1. The molecule has 4 heteroatoms. The van der Waals surface area contributed by atoms with Gasteiger partial charge in [-0.15, -0.1) is 11.6 Å². The maximum absolute atomic E-state index is 6.04. The molecule has 108 valence electrons. The molecule has 0 atom stereocenters. The molecule has 3 aromatic rings. The summed E-state index contributed by atoms with van der Waals surface area (Å²) in [5, 5.41) is 0. The Morgan fingerprint density at radius 3 is 2.67 bits per heavy atom. The summed E-state index contributed by atoms with van der Waals surface area (Å²) in [5.74, 6) is 1.38. The maximum Gasteiger partial charge on any atom is 0.124 e. The lowest BCUT2D eigenvalue weighted by Crippen LogP contribution is -2.03. The van der Waals surface area contributed by atoms with Crippen LogP contribution in [0.5, 0.6) is 0 Å². The molecule has 0 saturated heterocycles. The third-order valence-electron chi connectivity index (χ3n) is 3.60. The van der Waals surface area contributed by atoms with Crippen LogP contribution in [0.2, 0.25) is 0 Å². The van der Waals surface area contributed by atoms with E-state index < -0.39 is 0 Å². The zero-order chi connectivity index (χ0) is 14.7. The fourth-order valence-electron chi connectivity index (χ4n) is 2.59. The van der Waals surface area contributed by atoms with E-state index in [4.69, 9.17) is 11.6 Å². The Kier molecular flexibility index (Phi) is 4.61. The van der Waals surface area contributed by atoms with Crippen molar-refractivity contribution in [3.8, 4) is 0 Å². The summed E-state index contributed by atoms with van der Waals surface area (Å²) in [6.45, 7) is 0.940. The molecule has 0 fully saturated rings. The quantitative estimate of drug-likeness (QED) is 0.572. The average Bonchev–Trinajstić information content (AvgIpc) is 2.85. The van der Waals surface area contributed by atoms with Crippen LogP contribution in [0.1, 0.15) is 17.8 Å². The van der Waals surface area contributed by atoms with E-state index in [0.29, 0.717) is 5.88 Å². The fourth-order valence-corrected chi connectivity index (χ4v) is 3.14. The Balaban J connectivity index is 1.79. The highest BCUT2D eigenvalue weighted by Crippen LogP contribution is 2.22. The van der Waals surface area contributed by atoms with Crippen LogP contribution >= 0.6 is 27.5 Å². The van der Waals surface area contributed by atoms with Gasteiger partial charge in [-0.1, -0.05) is 46.3 Å². The summed E-state index contributed by atoms with van der Waals surface area (Å²) in [6.07, 6.45) is 2.15. The van der Waals surface area contributed by atoms with Crippen LogP contribution in [0.4, 0.5) is 0 Å². The summed E-state index contributed by atoms with van der Waals surface area (Å²) in [4.78, 5) is 4.62. The fraction of sp³-hybridized carbons (Fsp3) is 0.235. The molecule has 21 heavy (non-hydrogen) atoms. The van der Waals surface area contributed by atoms with Crippen molar-refractivity contribution in [2.45, 2.75) is 25.3 Å². The highest BCUT2D eigenvalue weighted by atomic mass is 79.9. The first-order valence-corrected chi connectivity index (χ1v) is 8.35. The zero-order valence-electron chi connectivity index (χ0n) is 11.6. The van der Waals surface area contributed by atoms with Gasteiger partial charge in [-0.2, -0.15) is 0 Å². The molecule has 1 aromatic heterocycles. The second-order valence-corrected chi connectivity index (χ2v) is 6.22. The molecular formula is C17H16BrClN2. The van der Waals surface area contributed by atoms with Crippen molar-refractivity contribution in [2.24, 2.45) is 0 Å². The van der Waals surface area contributed by atoms with Crippen LogP contribution in [-0.2, 0) is 18.8 Å². The summed E-state index contributed by atoms with van der Waals surface area (Å²) in [6, 6.07) is 16.8. The van der Waals surface area contributed by atoms with E-state index in [1.807, 2.05) is 6.07 Å². The number of rotatable bonds is 5. The number of imidazole rings is 1. The normalized spacial score (nSPS) is 11.1. The van der Waals surface area contributed by atoms with Crippen LogP contribution in [0, 0.1) is 0 Å². The third kappa shape index (κ3) is 3.30. The van der Waals surface area contributed by atoms with Gasteiger partial charge in [0.15, 0.2) is 0 Å². The smallest absolute Gasteiger partial charge is 0.124 e. The molecule has 0 aliphatic rings. The van der Waals surface area contributed by atoms with Gasteiger partial charge >= 0.3 is 0 Å². The van der Waals surface area contributed by atoms with Gasteiger partial charge < -0.3 is 4.57 Å². The molecule has 0 N–H and O–H groups in total. The van der Waals surface area contributed by atoms with Gasteiger partial charge in [0, 0.05) is 11.0 Å². The Morgan fingerprint density at radius 1 is 1.10 bits per heavy atom. The number of nitrogens with zero attached hydrogens (tertiary/aromatic N) is 2. The summed E-state index contributed by atoms with van der Waals surface area (Å²) >= 11 is 9.53. The van der Waals surface area contributed by atoms with Crippen molar-refractivity contribution in [2.75, 3.05) is 0 Å². The molecule has 0 bridgehead atoms. The first-order valence-electron chi connectivity index (χ1n) is 7.02. The second-order valence-electron chi connectivity index (χ2n) is 5.04. The first-order chi connectivity index (χ1) is 10.3. The molecule has 1 heterocycles. The molecule has 0 aliphatic carbocycles. The Morgan fingerprint density at radius 2 is 1.90 bits per heavy atom. The first kappa shape index (κ1) is 14.6. The van der Waals surface area contributed by atoms with Crippen LogP contribution in [-0.4, -0.2) is 9.55 Å². The number of hydrogen-bond acceptors (Lipinski definition) is 1. The van der Waals surface area contributed by atoms with Crippen molar-refractivity contribution < 1.29 is 0 Å². The Labute approximate surface area is 137 Å². The van der Waals surface area contributed by atoms with Gasteiger partial charge in [0.25, 0.3) is 0 Å². The van der Waals surface area contributed by atoms with E-state index in [0.717, 1.165) is 40.7 Å². The molecule has 3 rings (SSSR count). The highest BCUT2D eigenvalue weighted by molar-refractivity contribution is 9.10. The molecule has 0 radical (unpaired) electrons. The Hall–Kier alpha value is -1.32. The van der Waals surface area contributed by atoms with Gasteiger partial charge in [0.05, 0.1) is 16.9 Å². The van der Waals surface area contributed by atoms with Gasteiger partial charge in [0.1, 0.15) is 5.82 Å². The van der Waals surface area contributed by atoms with Crippen molar-refractivity contribution in [1.82, 2.24) is 9.55 Å². The molecule has 0 spiro atoms. The predicted octanol–water partition coefficient (Wildman–Crippen LogP) is 5.17. The standard InChI is InChI=1S/C17H16BrClN2/c18-14-8-9-16-15(11-14)20-17(12-19)21(16)10-4-7-13-5-2-1-3-6-13/h1-3,5-6,8-9,11H,4,7,10,12H2. The number of fused-ring (bicyclic) bond motifs is 1. The number of aromatic nitrogens is 2. The third-order valence-corrected chi connectivity index (χ3v) is 4.33. The van der Waals surface area contributed by atoms with Crippen molar-refractivity contribution in [1.29, 1.82) is 0 Å². The van der Waals surface area contributed by atoms with Crippen LogP contribution < -0.4 is 0 Å². The van der Waals surface area contributed by atoms with Crippen molar-refractivity contribution in [3.05, 3.63) is 64.4 Å². The van der Waals surface area contributed by atoms with Crippen LogP contribution in [0.25, 0.3) is 11.0 Å². The SMILES string of the molecule is ClCc1nc2cc(Br)ccc2n1CCCc1ccccc1. The molecule has 2 nitrogen and oxygen atoms in total. The molecule has 0 saturated carbocycles. The van der Waals surface area contributed by atoms with Crippen molar-refractivity contribution in [3.63, 3.8) is 0 Å². The van der Waals surface area contributed by atoms with E-state index in [-0.39, 0.29) is 0 Å². The Bertz CT molecular complexity index is 737. The molecule has 0 amide bonds. The predicted molar refractivity (Wildman–Crippen MR) is 91.8 cm³/mol. The minimum atomic E-state index is 0.442. The largest absolute Gasteiger partial charge is 0.327 e. The number of benzene rings is 2. The molecule has 0 unspecified atom stereocenters. The average molecular weight is 364 g/mol. The number of halogens is 2. The molecule has 2 aromatic carbocycles.